The molecular weight excluding hydrogens is 640 g/mol. The quantitative estimate of drug-likeness (QED) is 0.0460. The summed E-state index contributed by atoms with van der Waals surface area (Å²) in [4.78, 5) is 24.4. The van der Waals surface area contributed by atoms with Crippen LogP contribution in [0.4, 0.5) is 0 Å². The van der Waals surface area contributed by atoms with Crippen LogP contribution in [0.25, 0.3) is 0 Å². The van der Waals surface area contributed by atoms with E-state index in [-0.39, 0.29) is 12.8 Å². The fourth-order valence-electron chi connectivity index (χ4n) is 5.82. The van der Waals surface area contributed by atoms with Gasteiger partial charge in [0.2, 0.25) is 0 Å². The summed E-state index contributed by atoms with van der Waals surface area (Å²) in [5.74, 6) is -1.01. The van der Waals surface area contributed by atoms with Crippen LogP contribution in [0.2, 0.25) is 0 Å². The predicted octanol–water partition coefficient (Wildman–Crippen LogP) is 3.32. The maximum Gasteiger partial charge on any atom is 0.305 e. The predicted molar refractivity (Wildman–Crippen MR) is 180 cm³/mol. The molecule has 0 amide bonds. The van der Waals surface area contributed by atoms with Crippen LogP contribution in [0, 0.1) is 0 Å². The van der Waals surface area contributed by atoms with Gasteiger partial charge in [0.15, 0.2) is 12.6 Å². The Morgan fingerprint density at radius 3 is 1.33 bits per heavy atom. The third-order valence-corrected chi connectivity index (χ3v) is 9.05. The van der Waals surface area contributed by atoms with Gasteiger partial charge in [0.05, 0.1) is 0 Å². The average molecular weight is 705 g/mol. The van der Waals surface area contributed by atoms with E-state index in [9.17, 15) is 40.2 Å². The van der Waals surface area contributed by atoms with Crippen LogP contribution in [-0.4, -0.2) is 117 Å². The van der Waals surface area contributed by atoms with Gasteiger partial charge < -0.3 is 54.3 Å². The molecule has 0 saturated carbocycles. The van der Waals surface area contributed by atoms with Crippen LogP contribution in [0.1, 0.15) is 129 Å². The van der Waals surface area contributed by atoms with E-state index in [4.69, 9.17) is 23.7 Å². The first-order valence-electron chi connectivity index (χ1n) is 18.6. The van der Waals surface area contributed by atoms with E-state index in [1.165, 1.54) is 38.5 Å². The number of ether oxygens (including phenoxy) is 5. The van der Waals surface area contributed by atoms with Crippen molar-refractivity contribution in [3.8, 4) is 0 Å². The number of hydrogen-bond donors (Lipinski definition) is 6. The zero-order valence-corrected chi connectivity index (χ0v) is 29.6. The Morgan fingerprint density at radius 1 is 0.510 bits per heavy atom. The molecule has 13 nitrogen and oxygen atoms in total. The average Bonchev–Trinajstić information content (AvgIpc) is 3.09. The molecule has 0 radical (unpaired) electrons. The Bertz CT molecular complexity index is 917. The molecule has 6 N–H and O–H groups in total. The molecule has 286 valence electrons. The molecule has 0 aromatic rings. The number of hydrogen-bond acceptors (Lipinski definition) is 13. The third kappa shape index (κ3) is 16.5. The maximum atomic E-state index is 12.3. The molecule has 10 atom stereocenters. The Morgan fingerprint density at radius 2 is 0.878 bits per heavy atom. The molecule has 2 heterocycles. The van der Waals surface area contributed by atoms with Gasteiger partial charge in [-0.25, -0.2) is 0 Å². The van der Waals surface area contributed by atoms with E-state index in [2.05, 4.69) is 19.1 Å². The van der Waals surface area contributed by atoms with E-state index < -0.39 is 86.6 Å². The van der Waals surface area contributed by atoms with Crippen molar-refractivity contribution in [1.82, 2.24) is 0 Å². The van der Waals surface area contributed by atoms with Gasteiger partial charge >= 0.3 is 11.9 Å². The lowest BCUT2D eigenvalue weighted by Gasteiger charge is -2.44. The highest BCUT2D eigenvalue weighted by Crippen LogP contribution is 2.28. The number of esters is 2. The lowest BCUT2D eigenvalue weighted by molar-refractivity contribution is -0.376. The van der Waals surface area contributed by atoms with Gasteiger partial charge in [-0.3, -0.25) is 9.59 Å². The largest absolute Gasteiger partial charge is 0.463 e. The maximum absolute atomic E-state index is 12.3. The molecule has 2 rings (SSSR count). The van der Waals surface area contributed by atoms with Crippen molar-refractivity contribution in [1.29, 1.82) is 0 Å². The Labute approximate surface area is 291 Å². The van der Waals surface area contributed by atoms with Crippen LogP contribution in [0.5, 0.6) is 0 Å². The van der Waals surface area contributed by atoms with Crippen molar-refractivity contribution in [3.05, 3.63) is 12.2 Å². The summed E-state index contributed by atoms with van der Waals surface area (Å²) in [7, 11) is 0. The minimum atomic E-state index is -1.80. The van der Waals surface area contributed by atoms with E-state index in [0.29, 0.717) is 12.8 Å². The van der Waals surface area contributed by atoms with Crippen LogP contribution in [0.3, 0.4) is 0 Å². The standard InChI is InChI=1S/C36H64O13/c1-3-5-7-8-9-10-11-12-13-14-15-16-17-18-20-22-28(38)46-24-26-30(40)32(42)34(44)36(48-26)49-35-33(43)31(41)29(39)25(47-35)23-45-27(37)21-19-6-4-2/h12-13,25-26,29-36,39-44H,3-11,14-24H2,1-2H3/b13-12-/t25-,26-,29-,30-,31+,32+,33-,34-,35-,36-/m1/s1. The van der Waals surface area contributed by atoms with Crippen LogP contribution in [-0.2, 0) is 33.3 Å². The van der Waals surface area contributed by atoms with Crippen LogP contribution in [0.15, 0.2) is 12.2 Å². The number of aliphatic hydroxyl groups is 6. The second-order valence-corrected chi connectivity index (χ2v) is 13.3. The third-order valence-electron chi connectivity index (χ3n) is 9.05. The van der Waals surface area contributed by atoms with Crippen LogP contribution >= 0.6 is 0 Å². The number of allylic oxidation sites excluding steroid dienone is 2. The van der Waals surface area contributed by atoms with Gasteiger partial charge in [-0.15, -0.1) is 0 Å². The highest BCUT2D eigenvalue weighted by Gasteiger charge is 2.50. The first-order chi connectivity index (χ1) is 23.6. The van der Waals surface area contributed by atoms with Crippen molar-refractivity contribution in [2.24, 2.45) is 0 Å². The molecular formula is C36H64O13. The fraction of sp³-hybridized carbons (Fsp3) is 0.889. The molecule has 2 saturated heterocycles. The molecule has 0 aromatic carbocycles. The molecule has 2 aliphatic heterocycles. The zero-order chi connectivity index (χ0) is 36.0. The van der Waals surface area contributed by atoms with Gasteiger partial charge in [0.25, 0.3) is 0 Å². The van der Waals surface area contributed by atoms with Crippen molar-refractivity contribution in [3.63, 3.8) is 0 Å². The van der Waals surface area contributed by atoms with Crippen molar-refractivity contribution in [2.75, 3.05) is 13.2 Å². The Hall–Kier alpha value is -1.68. The number of carbonyl (C=O) groups is 2. The van der Waals surface area contributed by atoms with E-state index >= 15 is 0 Å². The number of carbonyl (C=O) groups excluding carboxylic acids is 2. The highest BCUT2D eigenvalue weighted by molar-refractivity contribution is 5.69. The molecule has 2 aliphatic rings. The van der Waals surface area contributed by atoms with E-state index in [1.54, 1.807) is 0 Å². The van der Waals surface area contributed by atoms with Crippen molar-refractivity contribution in [2.45, 2.75) is 191 Å². The fourth-order valence-corrected chi connectivity index (χ4v) is 5.82. The highest BCUT2D eigenvalue weighted by atomic mass is 16.8. The summed E-state index contributed by atoms with van der Waals surface area (Å²) in [6.45, 7) is 3.36. The smallest absolute Gasteiger partial charge is 0.305 e. The number of rotatable bonds is 25. The van der Waals surface area contributed by atoms with E-state index in [1.807, 2.05) is 6.92 Å². The first-order valence-corrected chi connectivity index (χ1v) is 18.6. The summed E-state index contributed by atoms with van der Waals surface area (Å²) in [5, 5.41) is 62.5. The summed E-state index contributed by atoms with van der Waals surface area (Å²) in [6.07, 6.45) is 5.85. The topological polar surface area (TPSA) is 202 Å². The van der Waals surface area contributed by atoms with Gasteiger partial charge in [0, 0.05) is 12.8 Å². The molecule has 2 fully saturated rings. The van der Waals surface area contributed by atoms with Gasteiger partial charge in [0.1, 0.15) is 62.0 Å². The molecule has 0 spiro atoms. The Balaban J connectivity index is 1.70. The minimum Gasteiger partial charge on any atom is -0.463 e. The lowest BCUT2D eigenvalue weighted by atomic mass is 9.98. The second kappa shape index (κ2) is 25.3. The van der Waals surface area contributed by atoms with Crippen molar-refractivity contribution >= 4 is 11.9 Å². The second-order valence-electron chi connectivity index (χ2n) is 13.3. The normalized spacial score (nSPS) is 30.4. The SMILES string of the molecule is CCCCCCCC/C=C\CCCCCCCC(=O)OC[C@H]1O[C@H](O[C@H]2O[C@H](COC(=O)CCCCC)[C@@H](O)[C@H](O)[C@H]2O)[C@H](O)[C@@H](O)[C@@H]1O. The molecule has 0 bridgehead atoms. The molecule has 0 aromatic heterocycles. The van der Waals surface area contributed by atoms with Gasteiger partial charge in [-0.2, -0.15) is 0 Å². The zero-order valence-electron chi connectivity index (χ0n) is 29.6. The molecule has 0 aliphatic carbocycles. The van der Waals surface area contributed by atoms with Gasteiger partial charge in [-0.05, 0) is 38.5 Å². The molecule has 0 unspecified atom stereocenters. The summed E-state index contributed by atoms with van der Waals surface area (Å²) >= 11 is 0. The number of unbranched alkanes of at least 4 members (excludes halogenated alkanes) is 13. The van der Waals surface area contributed by atoms with Gasteiger partial charge in [-0.1, -0.05) is 90.2 Å². The van der Waals surface area contributed by atoms with Crippen LogP contribution < -0.4 is 0 Å². The minimum absolute atomic E-state index is 0.174. The molecule has 49 heavy (non-hydrogen) atoms. The summed E-state index contributed by atoms with van der Waals surface area (Å²) < 4.78 is 27.1. The summed E-state index contributed by atoms with van der Waals surface area (Å²) in [6, 6.07) is 0. The van der Waals surface area contributed by atoms with E-state index in [0.717, 1.165) is 51.4 Å². The molecule has 13 heteroatoms. The first kappa shape index (κ1) is 43.5. The lowest BCUT2D eigenvalue weighted by Crippen LogP contribution is -2.64. The summed E-state index contributed by atoms with van der Waals surface area (Å²) in [5.41, 5.74) is 0. The number of aliphatic hydroxyl groups excluding tert-OH is 6. The van der Waals surface area contributed by atoms with Crippen molar-refractivity contribution < 1.29 is 63.9 Å². The monoisotopic (exact) mass is 704 g/mol. The Kier molecular flexibility index (Phi) is 22.5.